The zero-order valence-electron chi connectivity index (χ0n) is 17.3. The first-order valence-electron chi connectivity index (χ1n) is 10.6. The van der Waals surface area contributed by atoms with E-state index in [2.05, 4.69) is 25.6 Å². The van der Waals surface area contributed by atoms with E-state index in [-0.39, 0.29) is 48.1 Å². The molecular weight excluding hydrogens is 401 g/mol. The van der Waals surface area contributed by atoms with Crippen molar-refractivity contribution >= 4 is 23.4 Å². The number of halogens is 1. The molecule has 5 rings (SSSR count). The number of aliphatic hydroxyl groups excluding tert-OH is 1. The fourth-order valence-corrected chi connectivity index (χ4v) is 4.35. The van der Waals surface area contributed by atoms with Crippen LogP contribution in [0.1, 0.15) is 31.4 Å². The molecule has 0 bridgehead atoms. The van der Waals surface area contributed by atoms with Gasteiger partial charge < -0.3 is 26.4 Å². The highest BCUT2D eigenvalue weighted by Gasteiger charge is 2.69. The maximum atomic E-state index is 14.6. The third-order valence-corrected chi connectivity index (χ3v) is 6.60. The van der Waals surface area contributed by atoms with Crippen LogP contribution in [0.15, 0.2) is 24.5 Å². The molecule has 4 atom stereocenters. The minimum absolute atomic E-state index is 0.0211. The van der Waals surface area contributed by atoms with Crippen LogP contribution in [0.4, 0.5) is 21.8 Å². The fourth-order valence-electron chi connectivity index (χ4n) is 4.35. The summed E-state index contributed by atoms with van der Waals surface area (Å²) in [5, 5.41) is 15.4. The smallest absolute Gasteiger partial charge is 0.229 e. The predicted molar refractivity (Wildman–Crippen MR) is 112 cm³/mol. The van der Waals surface area contributed by atoms with Crippen LogP contribution in [0.2, 0.25) is 0 Å². The molecule has 0 unspecified atom stereocenters. The quantitative estimate of drug-likeness (QED) is 0.513. The summed E-state index contributed by atoms with van der Waals surface area (Å²) in [7, 11) is 0. The number of carbonyl (C=O) groups is 1. The van der Waals surface area contributed by atoms with E-state index in [9.17, 15) is 14.3 Å². The van der Waals surface area contributed by atoms with Gasteiger partial charge in [0.2, 0.25) is 11.9 Å². The molecule has 0 radical (unpaired) electrons. The number of nitrogens with zero attached hydrogens (tertiary/aromatic N) is 4. The number of amides is 1. The van der Waals surface area contributed by atoms with E-state index >= 15 is 0 Å². The van der Waals surface area contributed by atoms with E-state index in [1.165, 1.54) is 0 Å². The zero-order valence-corrected chi connectivity index (χ0v) is 17.3. The molecule has 1 saturated heterocycles. The van der Waals surface area contributed by atoms with Crippen LogP contribution in [0, 0.1) is 17.7 Å². The Hall–Kier alpha value is -2.85. The van der Waals surface area contributed by atoms with Crippen molar-refractivity contribution < 1.29 is 14.3 Å². The molecular formula is C21H26FN7O2. The number of rotatable bonds is 7. The van der Waals surface area contributed by atoms with Gasteiger partial charge in [-0.25, -0.2) is 9.37 Å². The lowest BCUT2D eigenvalue weighted by atomic mass is 10.1. The van der Waals surface area contributed by atoms with Crippen molar-refractivity contribution in [2.24, 2.45) is 17.6 Å². The lowest BCUT2D eigenvalue weighted by Gasteiger charge is -2.25. The Balaban J connectivity index is 1.30. The maximum absolute atomic E-state index is 14.6. The van der Waals surface area contributed by atoms with Crippen molar-refractivity contribution in [1.29, 1.82) is 0 Å². The summed E-state index contributed by atoms with van der Waals surface area (Å²) in [6.45, 7) is 2.87. The van der Waals surface area contributed by atoms with Crippen LogP contribution in [0.5, 0.6) is 0 Å². The van der Waals surface area contributed by atoms with Gasteiger partial charge in [-0.2, -0.15) is 4.98 Å². The third-order valence-electron chi connectivity index (χ3n) is 6.60. The second kappa shape index (κ2) is 7.38. The number of aromatic nitrogens is 3. The highest BCUT2D eigenvalue weighted by Crippen LogP contribution is 2.50. The first-order valence-corrected chi connectivity index (χ1v) is 10.6. The van der Waals surface area contributed by atoms with Crippen molar-refractivity contribution in [2.45, 2.75) is 37.3 Å². The van der Waals surface area contributed by atoms with E-state index in [0.29, 0.717) is 18.8 Å². The first-order chi connectivity index (χ1) is 14.9. The van der Waals surface area contributed by atoms with Gasteiger partial charge >= 0.3 is 0 Å². The molecule has 2 aliphatic carbocycles. The van der Waals surface area contributed by atoms with Crippen molar-refractivity contribution in [2.75, 3.05) is 29.9 Å². The highest BCUT2D eigenvalue weighted by molar-refractivity contribution is 5.83. The average molecular weight is 427 g/mol. The number of carbonyl (C=O) groups excluding carboxylic acids is 1. The molecule has 2 aromatic heterocycles. The van der Waals surface area contributed by atoms with Gasteiger partial charge in [0, 0.05) is 42.6 Å². The minimum Gasteiger partial charge on any atom is -0.396 e. The van der Waals surface area contributed by atoms with Crippen LogP contribution in [-0.2, 0) is 4.79 Å². The first kappa shape index (κ1) is 20.1. The Morgan fingerprint density at radius 2 is 2.19 bits per heavy atom. The Morgan fingerprint density at radius 3 is 2.87 bits per heavy atom. The predicted octanol–water partition coefficient (Wildman–Crippen LogP) is 0.892. The number of nitrogens with one attached hydrogen (secondary N) is 2. The van der Waals surface area contributed by atoms with Gasteiger partial charge in [0.15, 0.2) is 11.6 Å². The molecule has 164 valence electrons. The molecule has 10 heteroatoms. The summed E-state index contributed by atoms with van der Waals surface area (Å²) < 4.78 is 14.6. The largest absolute Gasteiger partial charge is 0.396 e. The number of fused-ring (bicyclic) bond motifs is 1. The third kappa shape index (κ3) is 3.59. The second-order valence-corrected chi connectivity index (χ2v) is 8.86. The lowest BCUT2D eigenvalue weighted by molar-refractivity contribution is -0.123. The molecule has 1 aliphatic heterocycles. The van der Waals surface area contributed by atoms with E-state index in [4.69, 9.17) is 5.73 Å². The minimum atomic E-state index is -0.519. The maximum Gasteiger partial charge on any atom is 0.229 e. The molecule has 3 heterocycles. The van der Waals surface area contributed by atoms with Crippen molar-refractivity contribution in [3.63, 3.8) is 0 Å². The Bertz CT molecular complexity index is 1000. The Labute approximate surface area is 179 Å². The average Bonchev–Trinajstić information content (AvgIpc) is 3.67. The molecule has 1 amide bonds. The number of hydrogen-bond acceptors (Lipinski definition) is 8. The van der Waals surface area contributed by atoms with Gasteiger partial charge in [-0.15, -0.1) is 0 Å². The standard InChI is InChI=1S/C21H26FN7O2/c1-11(9-30)16-5-4-13(6-24-16)26-20-25-7-15(22)18(27-20)29-8-14-17(23)21(14,10-29)28-19(31)12-2-3-12/h4-7,11-12,14,17,30H,2-3,8-10,23H2,1H3,(H,28,31)(H,25,26,27)/t11-,14-,17+,21+/m0/s1. The monoisotopic (exact) mass is 427 g/mol. The van der Waals surface area contributed by atoms with Crippen LogP contribution in [0.25, 0.3) is 0 Å². The number of anilines is 3. The highest BCUT2D eigenvalue weighted by atomic mass is 19.1. The summed E-state index contributed by atoms with van der Waals surface area (Å²) in [5.41, 5.74) is 7.17. The summed E-state index contributed by atoms with van der Waals surface area (Å²) in [4.78, 5) is 26.8. The van der Waals surface area contributed by atoms with Crippen LogP contribution >= 0.6 is 0 Å². The molecule has 2 aromatic rings. The molecule has 2 saturated carbocycles. The van der Waals surface area contributed by atoms with Gasteiger partial charge in [-0.05, 0) is 25.0 Å². The molecule has 0 spiro atoms. The van der Waals surface area contributed by atoms with Crippen LogP contribution in [0.3, 0.4) is 0 Å². The summed E-state index contributed by atoms with van der Waals surface area (Å²) in [5.74, 6) is 0.113. The molecule has 3 aliphatic rings. The Kier molecular flexibility index (Phi) is 4.78. The number of piperidine rings is 1. The summed E-state index contributed by atoms with van der Waals surface area (Å²) in [6, 6.07) is 3.52. The fraction of sp³-hybridized carbons (Fsp3) is 0.524. The topological polar surface area (TPSA) is 129 Å². The summed E-state index contributed by atoms with van der Waals surface area (Å²) in [6.07, 6.45) is 4.62. The van der Waals surface area contributed by atoms with E-state index in [0.717, 1.165) is 24.7 Å². The zero-order chi connectivity index (χ0) is 21.8. The molecule has 31 heavy (non-hydrogen) atoms. The van der Waals surface area contributed by atoms with E-state index in [1.54, 1.807) is 6.20 Å². The van der Waals surface area contributed by atoms with Gasteiger partial charge in [0.05, 0.1) is 30.2 Å². The molecule has 5 N–H and O–H groups in total. The lowest BCUT2D eigenvalue weighted by Crippen LogP contribution is -2.48. The van der Waals surface area contributed by atoms with E-state index < -0.39 is 11.4 Å². The van der Waals surface area contributed by atoms with Gasteiger partial charge in [-0.1, -0.05) is 6.92 Å². The van der Waals surface area contributed by atoms with Crippen LogP contribution < -0.4 is 21.3 Å². The molecule has 9 nitrogen and oxygen atoms in total. The van der Waals surface area contributed by atoms with Gasteiger partial charge in [-0.3, -0.25) is 9.78 Å². The van der Waals surface area contributed by atoms with Crippen LogP contribution in [-0.4, -0.2) is 57.2 Å². The SMILES string of the molecule is C[C@@H](CO)c1ccc(Nc2ncc(F)c(N3C[C@H]4[C@@H](N)[C@@]4(NC(=O)C4CC4)C3)n2)cn1. The van der Waals surface area contributed by atoms with Gasteiger partial charge in [0.1, 0.15) is 0 Å². The van der Waals surface area contributed by atoms with Crippen molar-refractivity contribution in [3.05, 3.63) is 36.0 Å². The Morgan fingerprint density at radius 1 is 1.39 bits per heavy atom. The second-order valence-electron chi connectivity index (χ2n) is 8.86. The molecule has 0 aromatic carbocycles. The summed E-state index contributed by atoms with van der Waals surface area (Å²) >= 11 is 0. The van der Waals surface area contributed by atoms with Gasteiger partial charge in [0.25, 0.3) is 0 Å². The number of nitrogens with two attached hydrogens (primary N) is 1. The van der Waals surface area contributed by atoms with Crippen molar-refractivity contribution in [3.8, 4) is 0 Å². The number of aliphatic hydroxyl groups is 1. The number of hydrogen-bond donors (Lipinski definition) is 4. The van der Waals surface area contributed by atoms with E-state index in [1.807, 2.05) is 24.0 Å². The van der Waals surface area contributed by atoms with Crippen molar-refractivity contribution in [1.82, 2.24) is 20.3 Å². The number of pyridine rings is 1. The normalized spacial score (nSPS) is 27.5. The molecule has 3 fully saturated rings.